The number of carbonyl (C=O) groups excluding carboxylic acids is 1. The van der Waals surface area contributed by atoms with Gasteiger partial charge in [-0.2, -0.15) is 0 Å². The first-order valence-corrected chi connectivity index (χ1v) is 6.26. The molecule has 0 aliphatic heterocycles. The minimum atomic E-state index is -0.415. The Bertz CT molecular complexity index is 606. The molecule has 0 radical (unpaired) electrons. The lowest BCUT2D eigenvalue weighted by molar-refractivity contribution is 0.0600. The SMILES string of the molecule is COC(=O)c1ccc(OCc2ccc(C)cc2)c(N)c1. The molecule has 0 aromatic heterocycles. The van der Waals surface area contributed by atoms with Gasteiger partial charge >= 0.3 is 5.97 Å². The Morgan fingerprint density at radius 1 is 1.15 bits per heavy atom. The molecule has 2 rings (SSSR count). The molecule has 0 aliphatic carbocycles. The zero-order valence-electron chi connectivity index (χ0n) is 11.6. The van der Waals surface area contributed by atoms with Crippen molar-refractivity contribution in [3.8, 4) is 5.75 Å². The molecule has 4 heteroatoms. The molecule has 2 N–H and O–H groups in total. The molecule has 0 saturated carbocycles. The first-order chi connectivity index (χ1) is 9.60. The highest BCUT2D eigenvalue weighted by molar-refractivity contribution is 5.90. The van der Waals surface area contributed by atoms with Crippen molar-refractivity contribution in [3.05, 3.63) is 59.2 Å². The van der Waals surface area contributed by atoms with Crippen molar-refractivity contribution in [3.63, 3.8) is 0 Å². The van der Waals surface area contributed by atoms with Crippen molar-refractivity contribution in [2.75, 3.05) is 12.8 Å². The third-order valence-corrected chi connectivity index (χ3v) is 2.95. The number of benzene rings is 2. The van der Waals surface area contributed by atoms with E-state index in [0.717, 1.165) is 5.56 Å². The van der Waals surface area contributed by atoms with Gasteiger partial charge in [0.05, 0.1) is 18.4 Å². The summed E-state index contributed by atoms with van der Waals surface area (Å²) in [7, 11) is 1.33. The van der Waals surface area contributed by atoms with Gasteiger partial charge < -0.3 is 15.2 Å². The van der Waals surface area contributed by atoms with Crippen molar-refractivity contribution in [1.29, 1.82) is 0 Å². The van der Waals surface area contributed by atoms with Gasteiger partial charge in [-0.25, -0.2) is 4.79 Å². The predicted molar refractivity (Wildman–Crippen MR) is 77.7 cm³/mol. The second-order valence-electron chi connectivity index (χ2n) is 4.52. The number of anilines is 1. The van der Waals surface area contributed by atoms with Gasteiger partial charge in [-0.1, -0.05) is 29.8 Å². The fourth-order valence-corrected chi connectivity index (χ4v) is 1.77. The Kier molecular flexibility index (Phi) is 4.25. The van der Waals surface area contributed by atoms with Gasteiger partial charge in [0, 0.05) is 0 Å². The van der Waals surface area contributed by atoms with Crippen molar-refractivity contribution in [2.24, 2.45) is 0 Å². The lowest BCUT2D eigenvalue weighted by Crippen LogP contribution is -2.04. The Balaban J connectivity index is 2.06. The van der Waals surface area contributed by atoms with Crippen LogP contribution in [0, 0.1) is 6.92 Å². The molecular formula is C16H17NO3. The lowest BCUT2D eigenvalue weighted by Gasteiger charge is -2.10. The number of methoxy groups -OCH3 is 1. The smallest absolute Gasteiger partial charge is 0.337 e. The summed E-state index contributed by atoms with van der Waals surface area (Å²) in [5.74, 6) is 0.139. The number of rotatable bonds is 4. The van der Waals surface area contributed by atoms with E-state index in [0.29, 0.717) is 23.6 Å². The number of nitrogens with two attached hydrogens (primary N) is 1. The molecule has 2 aromatic carbocycles. The zero-order valence-corrected chi connectivity index (χ0v) is 11.6. The third-order valence-electron chi connectivity index (χ3n) is 2.95. The summed E-state index contributed by atoms with van der Waals surface area (Å²) in [5, 5.41) is 0. The summed E-state index contributed by atoms with van der Waals surface area (Å²) in [6.07, 6.45) is 0. The monoisotopic (exact) mass is 271 g/mol. The minimum absolute atomic E-state index is 0.410. The summed E-state index contributed by atoms with van der Waals surface area (Å²) in [5.41, 5.74) is 8.96. The van der Waals surface area contributed by atoms with Crippen LogP contribution >= 0.6 is 0 Å². The number of ether oxygens (including phenoxy) is 2. The number of esters is 1. The van der Waals surface area contributed by atoms with Gasteiger partial charge in [0.15, 0.2) is 0 Å². The molecule has 0 atom stereocenters. The van der Waals surface area contributed by atoms with Crippen LogP contribution in [0.15, 0.2) is 42.5 Å². The number of hydrogen-bond donors (Lipinski definition) is 1. The van der Waals surface area contributed by atoms with Gasteiger partial charge in [-0.15, -0.1) is 0 Å². The molecular weight excluding hydrogens is 254 g/mol. The first kappa shape index (κ1) is 13.9. The molecule has 4 nitrogen and oxygen atoms in total. The van der Waals surface area contributed by atoms with Crippen LogP contribution in [-0.2, 0) is 11.3 Å². The average Bonchev–Trinajstić information content (AvgIpc) is 2.46. The van der Waals surface area contributed by atoms with E-state index in [1.165, 1.54) is 12.7 Å². The molecule has 0 bridgehead atoms. The number of aryl methyl sites for hydroxylation is 1. The lowest BCUT2D eigenvalue weighted by atomic mass is 10.1. The van der Waals surface area contributed by atoms with Crippen LogP contribution in [0.4, 0.5) is 5.69 Å². The molecule has 2 aromatic rings. The number of hydrogen-bond acceptors (Lipinski definition) is 4. The molecule has 0 amide bonds. The molecule has 104 valence electrons. The van der Waals surface area contributed by atoms with Crippen LogP contribution in [-0.4, -0.2) is 13.1 Å². The van der Waals surface area contributed by atoms with E-state index in [1.807, 2.05) is 31.2 Å². The Morgan fingerprint density at radius 3 is 2.45 bits per heavy atom. The van der Waals surface area contributed by atoms with E-state index in [2.05, 4.69) is 4.74 Å². The first-order valence-electron chi connectivity index (χ1n) is 6.26. The number of carbonyl (C=O) groups is 1. The van der Waals surface area contributed by atoms with Crippen LogP contribution in [0.3, 0.4) is 0 Å². The molecule has 0 heterocycles. The summed E-state index contributed by atoms with van der Waals surface area (Å²) in [4.78, 5) is 11.4. The van der Waals surface area contributed by atoms with Crippen LogP contribution in [0.2, 0.25) is 0 Å². The van der Waals surface area contributed by atoms with Gasteiger partial charge in [-0.3, -0.25) is 0 Å². The Labute approximate surface area is 118 Å². The van der Waals surface area contributed by atoms with E-state index in [-0.39, 0.29) is 0 Å². The summed E-state index contributed by atoms with van der Waals surface area (Å²) >= 11 is 0. The quantitative estimate of drug-likeness (QED) is 0.686. The zero-order chi connectivity index (χ0) is 14.5. The molecule has 0 fully saturated rings. The van der Waals surface area contributed by atoms with Gasteiger partial charge in [0.1, 0.15) is 12.4 Å². The van der Waals surface area contributed by atoms with Gasteiger partial charge in [-0.05, 0) is 30.7 Å². The van der Waals surface area contributed by atoms with Crippen LogP contribution in [0.5, 0.6) is 5.75 Å². The van der Waals surface area contributed by atoms with E-state index >= 15 is 0 Å². The maximum absolute atomic E-state index is 11.4. The standard InChI is InChI=1S/C16H17NO3/c1-11-3-5-12(6-4-11)10-20-15-8-7-13(9-14(15)17)16(18)19-2/h3-9H,10,17H2,1-2H3. The highest BCUT2D eigenvalue weighted by Crippen LogP contribution is 2.24. The minimum Gasteiger partial charge on any atom is -0.487 e. The molecule has 0 saturated heterocycles. The van der Waals surface area contributed by atoms with Crippen LogP contribution in [0.25, 0.3) is 0 Å². The second-order valence-corrected chi connectivity index (χ2v) is 4.52. The van der Waals surface area contributed by atoms with Gasteiger partial charge in [0.2, 0.25) is 0 Å². The van der Waals surface area contributed by atoms with Crippen molar-refractivity contribution in [2.45, 2.75) is 13.5 Å². The fraction of sp³-hybridized carbons (Fsp3) is 0.188. The van der Waals surface area contributed by atoms with Crippen LogP contribution < -0.4 is 10.5 Å². The maximum atomic E-state index is 11.4. The highest BCUT2D eigenvalue weighted by atomic mass is 16.5. The summed E-state index contributed by atoms with van der Waals surface area (Å²) in [6.45, 7) is 2.47. The predicted octanol–water partition coefficient (Wildman–Crippen LogP) is 2.94. The number of nitrogen functional groups attached to an aromatic ring is 1. The van der Waals surface area contributed by atoms with Crippen LogP contribution in [0.1, 0.15) is 21.5 Å². The molecule has 20 heavy (non-hydrogen) atoms. The second kappa shape index (κ2) is 6.10. The molecule has 0 unspecified atom stereocenters. The highest BCUT2D eigenvalue weighted by Gasteiger charge is 2.08. The third kappa shape index (κ3) is 3.29. The molecule has 0 spiro atoms. The topological polar surface area (TPSA) is 61.5 Å². The normalized spacial score (nSPS) is 10.1. The largest absolute Gasteiger partial charge is 0.487 e. The van der Waals surface area contributed by atoms with E-state index < -0.39 is 5.97 Å². The Hall–Kier alpha value is -2.49. The average molecular weight is 271 g/mol. The summed E-state index contributed by atoms with van der Waals surface area (Å²) < 4.78 is 10.3. The van der Waals surface area contributed by atoms with E-state index in [9.17, 15) is 4.79 Å². The Morgan fingerprint density at radius 2 is 1.85 bits per heavy atom. The maximum Gasteiger partial charge on any atom is 0.337 e. The van der Waals surface area contributed by atoms with E-state index in [1.54, 1.807) is 18.2 Å². The van der Waals surface area contributed by atoms with Crippen molar-refractivity contribution < 1.29 is 14.3 Å². The molecule has 0 aliphatic rings. The van der Waals surface area contributed by atoms with Gasteiger partial charge in [0.25, 0.3) is 0 Å². The van der Waals surface area contributed by atoms with Crippen molar-refractivity contribution >= 4 is 11.7 Å². The fourth-order valence-electron chi connectivity index (χ4n) is 1.77. The summed E-state index contributed by atoms with van der Waals surface area (Å²) in [6, 6.07) is 12.9. The van der Waals surface area contributed by atoms with E-state index in [4.69, 9.17) is 10.5 Å². The van der Waals surface area contributed by atoms with Crippen molar-refractivity contribution in [1.82, 2.24) is 0 Å².